The first-order valence-electron chi connectivity index (χ1n) is 4.88. The number of hydrogen-bond donors (Lipinski definition) is 3. The van der Waals surface area contributed by atoms with E-state index in [4.69, 9.17) is 0 Å². The maximum atomic E-state index is 9.52. The van der Waals surface area contributed by atoms with Crippen molar-refractivity contribution in [3.63, 3.8) is 0 Å². The first kappa shape index (κ1) is 9.58. The van der Waals surface area contributed by atoms with Crippen LogP contribution < -0.4 is 10.6 Å². The Bertz CT molecular complexity index is 278. The van der Waals surface area contributed by atoms with Crippen molar-refractivity contribution in [2.75, 3.05) is 13.1 Å². The number of nitrogens with zero attached hydrogens (tertiary/aromatic N) is 1. The molecule has 76 valence electrons. The second-order valence-electron chi connectivity index (χ2n) is 3.53. The van der Waals surface area contributed by atoms with Crippen LogP contribution in [-0.4, -0.2) is 35.3 Å². The number of β-amino-alcohol motifs (C(OH)–C–C–N with tert-alkyl or cyclic N) is 1. The molecule has 0 aliphatic carbocycles. The average molecular weight is 193 g/mol. The Morgan fingerprint density at radius 3 is 3.07 bits per heavy atom. The second-order valence-corrected chi connectivity index (χ2v) is 3.53. The fourth-order valence-corrected chi connectivity index (χ4v) is 1.61. The van der Waals surface area contributed by atoms with E-state index in [1.165, 1.54) is 0 Å². The molecule has 4 heteroatoms. The van der Waals surface area contributed by atoms with Crippen molar-refractivity contribution in [2.24, 2.45) is 0 Å². The predicted molar refractivity (Wildman–Crippen MR) is 53.7 cm³/mol. The summed E-state index contributed by atoms with van der Waals surface area (Å²) in [5.41, 5.74) is 1.01. The largest absolute Gasteiger partial charge is 0.390 e. The normalized spacial score (nSPS) is 26.6. The fraction of sp³-hybridized carbons (Fsp3) is 0.500. The van der Waals surface area contributed by atoms with Crippen LogP contribution in [0.3, 0.4) is 0 Å². The summed E-state index contributed by atoms with van der Waals surface area (Å²) in [5.74, 6) is 0. The van der Waals surface area contributed by atoms with Gasteiger partial charge in [-0.3, -0.25) is 4.98 Å². The zero-order chi connectivity index (χ0) is 9.80. The highest BCUT2D eigenvalue weighted by Gasteiger charge is 2.23. The van der Waals surface area contributed by atoms with Gasteiger partial charge < -0.3 is 15.7 Å². The van der Waals surface area contributed by atoms with Gasteiger partial charge in [-0.15, -0.1) is 0 Å². The van der Waals surface area contributed by atoms with Gasteiger partial charge in [-0.2, -0.15) is 0 Å². The second kappa shape index (κ2) is 4.50. The lowest BCUT2D eigenvalue weighted by atomic mass is 10.2. The van der Waals surface area contributed by atoms with E-state index in [-0.39, 0.29) is 12.1 Å². The Morgan fingerprint density at radius 2 is 2.43 bits per heavy atom. The number of rotatable bonds is 3. The summed E-state index contributed by atoms with van der Waals surface area (Å²) in [4.78, 5) is 4.20. The van der Waals surface area contributed by atoms with Crippen molar-refractivity contribution in [2.45, 2.75) is 18.7 Å². The Hall–Kier alpha value is -0.970. The standard InChI is InChI=1S/C10H15N3O/c14-10-7-11-6-9(10)13-5-8-3-1-2-4-12-8/h1-4,9-11,13-14H,5-7H2/t9-,10-/m1/s1. The van der Waals surface area contributed by atoms with Crippen LogP contribution in [0.1, 0.15) is 5.69 Å². The molecule has 2 rings (SSSR count). The number of pyridine rings is 1. The van der Waals surface area contributed by atoms with E-state index >= 15 is 0 Å². The van der Waals surface area contributed by atoms with Gasteiger partial charge >= 0.3 is 0 Å². The summed E-state index contributed by atoms with van der Waals surface area (Å²) in [6.07, 6.45) is 1.50. The lowest BCUT2D eigenvalue weighted by Gasteiger charge is -2.14. The fourth-order valence-electron chi connectivity index (χ4n) is 1.61. The summed E-state index contributed by atoms with van der Waals surface area (Å²) in [6, 6.07) is 5.99. The summed E-state index contributed by atoms with van der Waals surface area (Å²) < 4.78 is 0. The monoisotopic (exact) mass is 193 g/mol. The van der Waals surface area contributed by atoms with Crippen LogP contribution in [0, 0.1) is 0 Å². The zero-order valence-electron chi connectivity index (χ0n) is 7.98. The van der Waals surface area contributed by atoms with Crippen molar-refractivity contribution in [1.82, 2.24) is 15.6 Å². The minimum atomic E-state index is -0.279. The molecular formula is C10H15N3O. The van der Waals surface area contributed by atoms with Crippen molar-refractivity contribution in [3.05, 3.63) is 30.1 Å². The molecule has 0 aromatic carbocycles. The van der Waals surface area contributed by atoms with Crippen LogP contribution in [-0.2, 0) is 6.54 Å². The van der Waals surface area contributed by atoms with Gasteiger partial charge in [0.15, 0.2) is 0 Å². The Balaban J connectivity index is 1.82. The molecule has 0 radical (unpaired) electrons. The van der Waals surface area contributed by atoms with Gasteiger partial charge in [-0.25, -0.2) is 0 Å². The molecule has 1 aliphatic heterocycles. The molecule has 1 aliphatic rings. The zero-order valence-corrected chi connectivity index (χ0v) is 7.98. The number of aromatic nitrogens is 1. The Labute approximate surface area is 83.4 Å². The van der Waals surface area contributed by atoms with Gasteiger partial charge in [0.1, 0.15) is 0 Å². The minimum Gasteiger partial charge on any atom is -0.390 e. The van der Waals surface area contributed by atoms with Crippen molar-refractivity contribution >= 4 is 0 Å². The first-order valence-corrected chi connectivity index (χ1v) is 4.88. The third kappa shape index (κ3) is 2.29. The number of aliphatic hydroxyl groups is 1. The molecule has 2 heterocycles. The van der Waals surface area contributed by atoms with Crippen LogP contribution >= 0.6 is 0 Å². The molecule has 0 spiro atoms. The van der Waals surface area contributed by atoms with Gasteiger partial charge in [0, 0.05) is 31.9 Å². The van der Waals surface area contributed by atoms with Crippen LogP contribution in [0.15, 0.2) is 24.4 Å². The number of nitrogens with one attached hydrogen (secondary N) is 2. The average Bonchev–Trinajstić information content (AvgIpc) is 2.63. The van der Waals surface area contributed by atoms with Crippen LogP contribution in [0.5, 0.6) is 0 Å². The lowest BCUT2D eigenvalue weighted by molar-refractivity contribution is 0.162. The number of hydrogen-bond acceptors (Lipinski definition) is 4. The lowest BCUT2D eigenvalue weighted by Crippen LogP contribution is -2.38. The predicted octanol–water partition coefficient (Wildman–Crippen LogP) is -0.496. The number of aliphatic hydroxyl groups excluding tert-OH is 1. The highest BCUT2D eigenvalue weighted by Crippen LogP contribution is 2.01. The van der Waals surface area contributed by atoms with E-state index in [9.17, 15) is 5.11 Å². The molecular weight excluding hydrogens is 178 g/mol. The maximum Gasteiger partial charge on any atom is 0.0829 e. The summed E-state index contributed by atoms with van der Waals surface area (Å²) in [6.45, 7) is 2.22. The third-order valence-corrected chi connectivity index (χ3v) is 2.45. The Kier molecular flexibility index (Phi) is 3.08. The van der Waals surface area contributed by atoms with E-state index in [1.54, 1.807) is 6.20 Å². The minimum absolute atomic E-state index is 0.150. The van der Waals surface area contributed by atoms with E-state index < -0.39 is 0 Å². The van der Waals surface area contributed by atoms with Crippen LogP contribution in [0.4, 0.5) is 0 Å². The SMILES string of the molecule is O[C@@H]1CNC[C@H]1NCc1ccccn1. The van der Waals surface area contributed by atoms with E-state index in [0.717, 1.165) is 12.2 Å². The first-order chi connectivity index (χ1) is 6.86. The van der Waals surface area contributed by atoms with Crippen molar-refractivity contribution in [1.29, 1.82) is 0 Å². The highest BCUT2D eigenvalue weighted by atomic mass is 16.3. The van der Waals surface area contributed by atoms with Gasteiger partial charge in [0.25, 0.3) is 0 Å². The van der Waals surface area contributed by atoms with Crippen molar-refractivity contribution < 1.29 is 5.11 Å². The molecule has 4 nitrogen and oxygen atoms in total. The molecule has 1 saturated heterocycles. The molecule has 1 aromatic heterocycles. The molecule has 0 bridgehead atoms. The highest BCUT2D eigenvalue weighted by molar-refractivity contribution is 5.03. The summed E-state index contributed by atoms with van der Waals surface area (Å²) in [7, 11) is 0. The molecule has 2 atom stereocenters. The third-order valence-electron chi connectivity index (χ3n) is 2.45. The topological polar surface area (TPSA) is 57.2 Å². The molecule has 14 heavy (non-hydrogen) atoms. The van der Waals surface area contributed by atoms with Gasteiger partial charge in [0.2, 0.25) is 0 Å². The van der Waals surface area contributed by atoms with E-state index in [1.807, 2.05) is 18.2 Å². The molecule has 1 aromatic rings. The van der Waals surface area contributed by atoms with E-state index in [0.29, 0.717) is 13.1 Å². The Morgan fingerprint density at radius 1 is 1.50 bits per heavy atom. The van der Waals surface area contributed by atoms with Gasteiger partial charge in [-0.05, 0) is 12.1 Å². The van der Waals surface area contributed by atoms with Crippen LogP contribution in [0.25, 0.3) is 0 Å². The summed E-state index contributed by atoms with van der Waals surface area (Å²) >= 11 is 0. The molecule has 3 N–H and O–H groups in total. The molecule has 1 fully saturated rings. The van der Waals surface area contributed by atoms with Gasteiger partial charge in [-0.1, -0.05) is 6.07 Å². The quantitative estimate of drug-likeness (QED) is 0.606. The molecule has 0 amide bonds. The molecule has 0 saturated carbocycles. The molecule has 0 unspecified atom stereocenters. The smallest absolute Gasteiger partial charge is 0.0829 e. The van der Waals surface area contributed by atoms with E-state index in [2.05, 4.69) is 15.6 Å². The maximum absolute atomic E-state index is 9.52. The van der Waals surface area contributed by atoms with Gasteiger partial charge in [0.05, 0.1) is 11.8 Å². The van der Waals surface area contributed by atoms with Crippen molar-refractivity contribution in [3.8, 4) is 0 Å². The summed E-state index contributed by atoms with van der Waals surface area (Å²) in [5, 5.41) is 15.9. The van der Waals surface area contributed by atoms with Crippen LogP contribution in [0.2, 0.25) is 0 Å².